The van der Waals surface area contributed by atoms with E-state index in [0.29, 0.717) is 23.3 Å². The number of rotatable bonds is 7. The van der Waals surface area contributed by atoms with Gasteiger partial charge in [0.1, 0.15) is 11.9 Å². The van der Waals surface area contributed by atoms with E-state index in [2.05, 4.69) is 29.2 Å². The van der Waals surface area contributed by atoms with E-state index in [-0.39, 0.29) is 11.9 Å². The number of ketones is 1. The van der Waals surface area contributed by atoms with Gasteiger partial charge < -0.3 is 10.5 Å². The van der Waals surface area contributed by atoms with Crippen molar-refractivity contribution in [3.05, 3.63) is 119 Å². The third-order valence-corrected chi connectivity index (χ3v) is 6.19. The van der Waals surface area contributed by atoms with Gasteiger partial charge >= 0.3 is 0 Å². The number of primary amides is 1. The highest BCUT2D eigenvalue weighted by Crippen LogP contribution is 2.36. The van der Waals surface area contributed by atoms with Crippen LogP contribution in [0.5, 0.6) is 5.75 Å². The predicted molar refractivity (Wildman–Crippen MR) is 131 cm³/mol. The Morgan fingerprint density at radius 2 is 1.65 bits per heavy atom. The van der Waals surface area contributed by atoms with Crippen molar-refractivity contribution in [1.29, 1.82) is 0 Å². The Kier molecular flexibility index (Phi) is 5.91. The minimum Gasteiger partial charge on any atom is -0.484 e. The summed E-state index contributed by atoms with van der Waals surface area (Å²) in [4.78, 5) is 28.4. The zero-order valence-corrected chi connectivity index (χ0v) is 18.6. The Labute approximate surface area is 198 Å². The molecule has 1 amide bonds. The second kappa shape index (κ2) is 9.32. The molecular formula is C29H24N2O3. The van der Waals surface area contributed by atoms with E-state index >= 15 is 0 Å². The maximum absolute atomic E-state index is 13.0. The molecule has 168 valence electrons. The van der Waals surface area contributed by atoms with Crippen molar-refractivity contribution in [2.45, 2.75) is 25.4 Å². The molecule has 0 unspecified atom stereocenters. The Balaban J connectivity index is 1.30. The fraction of sp³-hybridized carbons (Fsp3) is 0.138. The molecule has 1 aromatic heterocycles. The summed E-state index contributed by atoms with van der Waals surface area (Å²) in [6, 6.07) is 25.6. The molecule has 3 aromatic carbocycles. The normalized spacial score (nSPS) is 14.4. The molecule has 5 rings (SSSR count). The molecule has 0 radical (unpaired) electrons. The van der Waals surface area contributed by atoms with E-state index in [0.717, 1.165) is 35.1 Å². The topological polar surface area (TPSA) is 82.3 Å². The Hall–Kier alpha value is -4.25. The van der Waals surface area contributed by atoms with Crippen LogP contribution in [0.25, 0.3) is 11.1 Å². The number of ether oxygens (including phenoxy) is 1. The first kappa shape index (κ1) is 21.6. The number of pyridine rings is 1. The van der Waals surface area contributed by atoms with Gasteiger partial charge in [0.05, 0.1) is 11.8 Å². The van der Waals surface area contributed by atoms with Crippen LogP contribution in [0.4, 0.5) is 0 Å². The molecule has 0 saturated heterocycles. The number of amides is 1. The van der Waals surface area contributed by atoms with E-state index < -0.39 is 5.91 Å². The molecule has 1 heterocycles. The number of carbonyl (C=O) groups excluding carboxylic acids is 2. The largest absolute Gasteiger partial charge is 0.484 e. The number of benzene rings is 3. The number of aromatic nitrogens is 1. The molecule has 1 atom stereocenters. The van der Waals surface area contributed by atoms with E-state index in [1.165, 1.54) is 11.8 Å². The van der Waals surface area contributed by atoms with E-state index in [1.54, 1.807) is 12.3 Å². The average molecular weight is 449 g/mol. The summed E-state index contributed by atoms with van der Waals surface area (Å²) in [5.41, 5.74) is 11.8. The lowest BCUT2D eigenvalue weighted by Crippen LogP contribution is -2.12. The fourth-order valence-electron chi connectivity index (χ4n) is 4.40. The van der Waals surface area contributed by atoms with Gasteiger partial charge in [0.2, 0.25) is 5.91 Å². The number of fused-ring (bicyclic) bond motifs is 1. The van der Waals surface area contributed by atoms with Crippen molar-refractivity contribution < 1.29 is 14.3 Å². The number of carbonyl (C=O) groups is 2. The summed E-state index contributed by atoms with van der Waals surface area (Å²) in [6.07, 6.45) is 4.90. The number of hydrogen-bond acceptors (Lipinski definition) is 4. The maximum Gasteiger partial charge on any atom is 0.250 e. The number of aryl methyl sites for hydroxylation is 1. The highest BCUT2D eigenvalue weighted by atomic mass is 16.5. The average Bonchev–Trinajstić information content (AvgIpc) is 3.26. The van der Waals surface area contributed by atoms with Crippen molar-refractivity contribution in [2.75, 3.05) is 0 Å². The fourth-order valence-corrected chi connectivity index (χ4v) is 4.40. The van der Waals surface area contributed by atoms with Crippen LogP contribution < -0.4 is 10.5 Å². The van der Waals surface area contributed by atoms with Crippen molar-refractivity contribution in [3.63, 3.8) is 0 Å². The van der Waals surface area contributed by atoms with Crippen LogP contribution in [0.15, 0.2) is 91.3 Å². The van der Waals surface area contributed by atoms with Gasteiger partial charge in [0.15, 0.2) is 5.78 Å². The minimum absolute atomic E-state index is 0.0772. The van der Waals surface area contributed by atoms with Gasteiger partial charge in [-0.1, -0.05) is 72.8 Å². The van der Waals surface area contributed by atoms with Gasteiger partial charge in [-0.05, 0) is 46.7 Å². The summed E-state index contributed by atoms with van der Waals surface area (Å²) in [5.74, 6) is 0.0462. The second-order valence-electron chi connectivity index (χ2n) is 8.50. The lowest BCUT2D eigenvalue weighted by molar-refractivity contribution is 0.0987. The molecule has 0 saturated carbocycles. The van der Waals surface area contributed by atoms with E-state index in [4.69, 9.17) is 10.5 Å². The van der Waals surface area contributed by atoms with Crippen LogP contribution in [-0.2, 0) is 12.8 Å². The number of nitrogens with zero attached hydrogens (tertiary/aromatic N) is 1. The molecular weight excluding hydrogens is 424 g/mol. The molecule has 5 nitrogen and oxygen atoms in total. The standard InChI is InChI=1S/C29H24N2O3/c30-29(33)24-16-25(18-31-17-24)34-28-13-12-22-7-6-19(14-26(22)28)15-27(32)23-10-8-21(9-11-23)20-4-2-1-3-5-20/h1-11,14,16-18,28H,12-13,15H2,(H2,30,33)/t28-/m1/s1. The lowest BCUT2D eigenvalue weighted by atomic mass is 9.97. The van der Waals surface area contributed by atoms with Crippen LogP contribution in [0.2, 0.25) is 0 Å². The second-order valence-corrected chi connectivity index (χ2v) is 8.50. The van der Waals surface area contributed by atoms with Crippen LogP contribution in [0.1, 0.15) is 49.9 Å². The number of hydrogen-bond donors (Lipinski definition) is 1. The van der Waals surface area contributed by atoms with Gasteiger partial charge in [-0.25, -0.2) is 0 Å². The van der Waals surface area contributed by atoms with Gasteiger partial charge in [-0.2, -0.15) is 0 Å². The molecule has 34 heavy (non-hydrogen) atoms. The summed E-state index contributed by atoms with van der Waals surface area (Å²) < 4.78 is 6.14. The first-order valence-corrected chi connectivity index (χ1v) is 11.3. The van der Waals surface area contributed by atoms with E-state index in [9.17, 15) is 9.59 Å². The molecule has 5 heteroatoms. The highest BCUT2D eigenvalue weighted by molar-refractivity contribution is 5.98. The highest BCUT2D eigenvalue weighted by Gasteiger charge is 2.25. The SMILES string of the molecule is NC(=O)c1cncc(O[C@@H]2CCc3ccc(CC(=O)c4ccc(-c5ccccc5)cc4)cc32)c1. The van der Waals surface area contributed by atoms with Crippen LogP contribution in [0, 0.1) is 0 Å². The van der Waals surface area contributed by atoms with Gasteiger partial charge in [-0.3, -0.25) is 14.6 Å². The summed E-state index contributed by atoms with van der Waals surface area (Å²) in [5, 5.41) is 0. The Bertz CT molecular complexity index is 1350. The molecule has 1 aliphatic rings. The van der Waals surface area contributed by atoms with Gasteiger partial charge in [-0.15, -0.1) is 0 Å². The molecule has 0 aliphatic heterocycles. The molecule has 1 aliphatic carbocycles. The zero-order valence-electron chi connectivity index (χ0n) is 18.6. The van der Waals surface area contributed by atoms with E-state index in [1.807, 2.05) is 48.5 Å². The van der Waals surface area contributed by atoms with Crippen molar-refractivity contribution >= 4 is 11.7 Å². The third kappa shape index (κ3) is 4.59. The molecule has 0 bridgehead atoms. The van der Waals surface area contributed by atoms with Crippen LogP contribution in [-0.4, -0.2) is 16.7 Å². The summed E-state index contributed by atoms with van der Waals surface area (Å²) >= 11 is 0. The smallest absolute Gasteiger partial charge is 0.250 e. The number of nitrogens with two attached hydrogens (primary N) is 1. The first-order chi connectivity index (χ1) is 16.6. The quantitative estimate of drug-likeness (QED) is 0.387. The Morgan fingerprint density at radius 3 is 2.41 bits per heavy atom. The van der Waals surface area contributed by atoms with Crippen molar-refractivity contribution in [1.82, 2.24) is 4.98 Å². The molecule has 4 aromatic rings. The van der Waals surface area contributed by atoms with Crippen LogP contribution >= 0.6 is 0 Å². The predicted octanol–water partition coefficient (Wildman–Crippen LogP) is 5.34. The monoisotopic (exact) mass is 448 g/mol. The molecule has 2 N–H and O–H groups in total. The molecule has 0 spiro atoms. The summed E-state index contributed by atoms with van der Waals surface area (Å²) in [6.45, 7) is 0. The van der Waals surface area contributed by atoms with Gasteiger partial charge in [0.25, 0.3) is 0 Å². The molecule has 0 fully saturated rings. The van der Waals surface area contributed by atoms with Crippen molar-refractivity contribution in [3.8, 4) is 16.9 Å². The minimum atomic E-state index is -0.539. The maximum atomic E-state index is 13.0. The van der Waals surface area contributed by atoms with Crippen molar-refractivity contribution in [2.24, 2.45) is 5.73 Å². The van der Waals surface area contributed by atoms with Gasteiger partial charge in [0, 0.05) is 18.2 Å². The number of Topliss-reactive ketones (excluding diaryl/α,β-unsaturated/α-hetero) is 1. The third-order valence-electron chi connectivity index (χ3n) is 6.19. The summed E-state index contributed by atoms with van der Waals surface area (Å²) in [7, 11) is 0. The lowest BCUT2D eigenvalue weighted by Gasteiger charge is -2.16. The Morgan fingerprint density at radius 1 is 0.882 bits per heavy atom. The zero-order chi connectivity index (χ0) is 23.5. The van der Waals surface area contributed by atoms with Crippen LogP contribution in [0.3, 0.4) is 0 Å². The first-order valence-electron chi connectivity index (χ1n) is 11.3.